The van der Waals surface area contributed by atoms with Crippen LogP contribution in [0.3, 0.4) is 0 Å². The number of ether oxygens (including phenoxy) is 4. The molecule has 0 saturated carbocycles. The zero-order valence-electron chi connectivity index (χ0n) is 55.8. The Bertz CT molecular complexity index is 1600. The first-order valence-electron chi connectivity index (χ1n) is 36.7. The summed E-state index contributed by atoms with van der Waals surface area (Å²) in [5.74, 6) is -0.233. The Hall–Kier alpha value is -1.79. The zero-order chi connectivity index (χ0) is 63.1. The van der Waals surface area contributed by atoms with E-state index in [2.05, 4.69) is 43.5 Å². The smallest absolute Gasteiger partial charge is 0.220 e. The number of nitrogens with one attached hydrogen (secondary N) is 1. The van der Waals surface area contributed by atoms with Gasteiger partial charge < -0.3 is 65.1 Å². The van der Waals surface area contributed by atoms with Crippen molar-refractivity contribution in [2.75, 3.05) is 19.8 Å². The summed E-state index contributed by atoms with van der Waals surface area (Å²) in [5.41, 5.74) is 0. The van der Waals surface area contributed by atoms with Crippen molar-refractivity contribution >= 4 is 5.91 Å². The number of allylic oxidation sites excluding steroid dienone is 5. The minimum Gasteiger partial charge on any atom is -0.394 e. The fourth-order valence-electron chi connectivity index (χ4n) is 12.2. The largest absolute Gasteiger partial charge is 0.394 e. The van der Waals surface area contributed by atoms with Gasteiger partial charge in [-0.3, -0.25) is 4.79 Å². The van der Waals surface area contributed by atoms with Crippen LogP contribution in [-0.4, -0.2) is 140 Å². The summed E-state index contributed by atoms with van der Waals surface area (Å²) < 4.78 is 22.8. The lowest BCUT2D eigenvalue weighted by Crippen LogP contribution is -2.65. The minimum absolute atomic E-state index is 0.233. The van der Waals surface area contributed by atoms with Gasteiger partial charge in [0.15, 0.2) is 12.6 Å². The molecule has 12 atom stereocenters. The van der Waals surface area contributed by atoms with Crippen LogP contribution in [-0.2, 0) is 23.7 Å². The van der Waals surface area contributed by atoms with Crippen LogP contribution < -0.4 is 5.32 Å². The summed E-state index contributed by atoms with van der Waals surface area (Å²) in [7, 11) is 0. The van der Waals surface area contributed by atoms with Crippen LogP contribution in [0.15, 0.2) is 36.5 Å². The van der Waals surface area contributed by atoms with Crippen LogP contribution in [0.2, 0.25) is 0 Å². The summed E-state index contributed by atoms with van der Waals surface area (Å²) in [6.07, 6.45) is 57.9. The molecule has 14 nitrogen and oxygen atoms in total. The van der Waals surface area contributed by atoms with E-state index in [1.165, 1.54) is 257 Å². The zero-order valence-corrected chi connectivity index (χ0v) is 55.8. The molecule has 0 aromatic carbocycles. The second kappa shape index (κ2) is 58.1. The Morgan fingerprint density at radius 3 is 1.15 bits per heavy atom. The predicted molar refractivity (Wildman–Crippen MR) is 355 cm³/mol. The molecule has 0 aliphatic carbocycles. The molecule has 2 fully saturated rings. The van der Waals surface area contributed by atoms with Gasteiger partial charge in [-0.1, -0.05) is 307 Å². The monoisotopic (exact) mass is 1240 g/mol. The van der Waals surface area contributed by atoms with Crippen LogP contribution in [0.25, 0.3) is 0 Å². The van der Waals surface area contributed by atoms with Gasteiger partial charge in [-0.05, 0) is 51.4 Å². The van der Waals surface area contributed by atoms with E-state index in [0.717, 1.165) is 44.9 Å². The molecule has 2 heterocycles. The van der Waals surface area contributed by atoms with Gasteiger partial charge in [-0.15, -0.1) is 0 Å². The second-order valence-corrected chi connectivity index (χ2v) is 26.1. The molecular formula is C73H137NO13. The average molecular weight is 1240 g/mol. The highest BCUT2D eigenvalue weighted by Gasteiger charge is 2.51. The summed E-state index contributed by atoms with van der Waals surface area (Å²) in [6, 6.07) is -0.912. The van der Waals surface area contributed by atoms with Crippen LogP contribution in [0.1, 0.15) is 328 Å². The van der Waals surface area contributed by atoms with Crippen LogP contribution in [0.5, 0.6) is 0 Å². The van der Waals surface area contributed by atoms with Crippen molar-refractivity contribution in [3.8, 4) is 0 Å². The van der Waals surface area contributed by atoms with E-state index in [0.29, 0.717) is 6.42 Å². The fourth-order valence-corrected chi connectivity index (χ4v) is 12.2. The average Bonchev–Trinajstić information content (AvgIpc) is 2.36. The van der Waals surface area contributed by atoms with Crippen molar-refractivity contribution in [2.24, 2.45) is 0 Å². The van der Waals surface area contributed by atoms with E-state index in [1.54, 1.807) is 6.08 Å². The molecular weight excluding hydrogens is 1100 g/mol. The number of aliphatic hydroxyl groups is 8. The molecule has 2 saturated heterocycles. The number of amides is 1. The standard InChI is InChI=1S/C73H137NO13/c1-3-5-7-9-11-13-15-17-19-21-22-23-24-25-26-27-28-29-30-31-32-33-34-35-36-37-38-39-40-41-43-45-47-49-51-53-55-57-65(78)74-61(62(77)56-54-52-50-48-46-44-42-20-18-16-14-12-10-8-6-4-2)60-84-72-70(83)68(81)71(64(59-76)86-72)87-73-69(82)67(80)66(79)63(58-75)85-73/h15,17,21-22,54,56,61-64,66-73,75-77,79-83H,3-14,16,18-20,23-53,55,57-60H2,1-2H3,(H,74,78)/b17-15-,22-21-,56-54+. The van der Waals surface area contributed by atoms with E-state index in [-0.39, 0.29) is 18.9 Å². The van der Waals surface area contributed by atoms with Crippen molar-refractivity contribution in [1.82, 2.24) is 5.32 Å². The van der Waals surface area contributed by atoms with E-state index in [4.69, 9.17) is 18.9 Å². The van der Waals surface area contributed by atoms with Gasteiger partial charge in [0.1, 0.15) is 48.8 Å². The molecule has 14 heteroatoms. The highest BCUT2D eigenvalue weighted by molar-refractivity contribution is 5.76. The molecule has 87 heavy (non-hydrogen) atoms. The third-order valence-electron chi connectivity index (χ3n) is 18.1. The van der Waals surface area contributed by atoms with Crippen molar-refractivity contribution in [3.05, 3.63) is 36.5 Å². The molecule has 2 aliphatic heterocycles. The molecule has 2 aliphatic rings. The first-order valence-corrected chi connectivity index (χ1v) is 36.7. The lowest BCUT2D eigenvalue weighted by Gasteiger charge is -2.46. The number of aliphatic hydroxyl groups excluding tert-OH is 8. The summed E-state index contributed by atoms with van der Waals surface area (Å²) in [5, 5.41) is 87.4. The topological polar surface area (TPSA) is 228 Å². The first-order chi connectivity index (χ1) is 42.6. The quantitative estimate of drug-likeness (QED) is 0.0204. The van der Waals surface area contributed by atoms with E-state index < -0.39 is 86.8 Å². The number of unbranched alkanes of at least 4 members (excludes halogenated alkanes) is 44. The molecule has 0 radical (unpaired) electrons. The number of hydrogen-bond donors (Lipinski definition) is 9. The van der Waals surface area contributed by atoms with Crippen LogP contribution in [0, 0.1) is 0 Å². The van der Waals surface area contributed by atoms with Gasteiger partial charge in [0.25, 0.3) is 0 Å². The lowest BCUT2D eigenvalue weighted by atomic mass is 9.97. The molecule has 0 bridgehead atoms. The second-order valence-electron chi connectivity index (χ2n) is 26.1. The molecule has 9 N–H and O–H groups in total. The molecule has 2 rings (SSSR count). The number of hydrogen-bond acceptors (Lipinski definition) is 13. The normalized spacial score (nSPS) is 23.4. The third kappa shape index (κ3) is 42.1. The van der Waals surface area contributed by atoms with Gasteiger partial charge in [0.2, 0.25) is 5.91 Å². The van der Waals surface area contributed by atoms with Gasteiger partial charge >= 0.3 is 0 Å². The van der Waals surface area contributed by atoms with Crippen molar-refractivity contribution < 1.29 is 64.6 Å². The number of carbonyl (C=O) groups excluding carboxylic acids is 1. The highest BCUT2D eigenvalue weighted by Crippen LogP contribution is 2.30. The summed E-state index contributed by atoms with van der Waals surface area (Å²) in [4.78, 5) is 13.3. The predicted octanol–water partition coefficient (Wildman–Crippen LogP) is 15.3. The Labute approximate surface area is 531 Å². The van der Waals surface area contributed by atoms with Crippen LogP contribution >= 0.6 is 0 Å². The Morgan fingerprint density at radius 1 is 0.414 bits per heavy atom. The van der Waals surface area contributed by atoms with Gasteiger partial charge in [0.05, 0.1) is 32.0 Å². The van der Waals surface area contributed by atoms with Crippen LogP contribution in [0.4, 0.5) is 0 Å². The molecule has 0 spiro atoms. The van der Waals surface area contributed by atoms with Crippen molar-refractivity contribution in [1.29, 1.82) is 0 Å². The molecule has 512 valence electrons. The minimum atomic E-state index is -1.79. The maximum atomic E-state index is 13.3. The lowest BCUT2D eigenvalue weighted by molar-refractivity contribution is -0.359. The third-order valence-corrected chi connectivity index (χ3v) is 18.1. The maximum absolute atomic E-state index is 13.3. The SMILES string of the molecule is CCCCCCC/C=C\C/C=C\CCCCCCCCCCCCCCCCCCCCCCCCCCCC(=O)NC(COC1OC(CO)C(OC2OC(CO)C(O)C(O)C2O)C(O)C1O)C(O)/C=C/CCCCCCCCCCCCCCCC. The van der Waals surface area contributed by atoms with Gasteiger partial charge in [0, 0.05) is 6.42 Å². The molecule has 1 amide bonds. The van der Waals surface area contributed by atoms with Gasteiger partial charge in [-0.2, -0.15) is 0 Å². The summed E-state index contributed by atoms with van der Waals surface area (Å²) >= 11 is 0. The van der Waals surface area contributed by atoms with Crippen molar-refractivity contribution in [2.45, 2.75) is 402 Å². The molecule has 0 aromatic heterocycles. The fraction of sp³-hybridized carbons (Fsp3) is 0.904. The molecule has 0 aromatic rings. The van der Waals surface area contributed by atoms with E-state index >= 15 is 0 Å². The molecule has 12 unspecified atom stereocenters. The highest BCUT2D eigenvalue weighted by atomic mass is 16.7. The summed E-state index contributed by atoms with van der Waals surface area (Å²) in [6.45, 7) is 2.83. The van der Waals surface area contributed by atoms with E-state index in [1.807, 2.05) is 6.08 Å². The van der Waals surface area contributed by atoms with E-state index in [9.17, 15) is 45.6 Å². The number of carbonyl (C=O) groups is 1. The number of rotatable bonds is 61. The Kier molecular flexibility index (Phi) is 54.3. The first kappa shape index (κ1) is 81.3. The Morgan fingerprint density at radius 2 is 0.759 bits per heavy atom. The Balaban J connectivity index is 1.58. The van der Waals surface area contributed by atoms with Crippen molar-refractivity contribution in [3.63, 3.8) is 0 Å². The van der Waals surface area contributed by atoms with Gasteiger partial charge in [-0.25, -0.2) is 0 Å². The maximum Gasteiger partial charge on any atom is 0.220 e.